The van der Waals surface area contributed by atoms with Crippen molar-refractivity contribution >= 4 is 31.8 Å². The average Bonchev–Trinajstić information content (AvgIpc) is 2.04. The van der Waals surface area contributed by atoms with Crippen molar-refractivity contribution in [2.75, 3.05) is 0 Å². The SMILES string of the molecule is CC(C)[O-].CCCCC(CC)C(=O)[O-].[In+2]. The van der Waals surface area contributed by atoms with E-state index in [1.807, 2.05) is 6.92 Å². The van der Waals surface area contributed by atoms with Gasteiger partial charge in [0, 0.05) is 5.97 Å². The molecule has 0 saturated heterocycles. The Bertz CT molecular complexity index is 135. The van der Waals surface area contributed by atoms with E-state index >= 15 is 0 Å². The average molecular weight is 317 g/mol. The van der Waals surface area contributed by atoms with Gasteiger partial charge in [0.05, 0.1) is 0 Å². The van der Waals surface area contributed by atoms with Crippen LogP contribution in [0.2, 0.25) is 0 Å². The smallest absolute Gasteiger partial charge is 0.852 e. The van der Waals surface area contributed by atoms with E-state index in [-0.39, 0.29) is 31.8 Å². The van der Waals surface area contributed by atoms with E-state index in [0.29, 0.717) is 6.42 Å². The molecule has 0 spiro atoms. The minimum absolute atomic E-state index is 0. The van der Waals surface area contributed by atoms with Crippen LogP contribution in [0.5, 0.6) is 0 Å². The molecule has 0 aliphatic rings. The van der Waals surface area contributed by atoms with Crippen molar-refractivity contribution in [3.63, 3.8) is 0 Å². The molecule has 3 nitrogen and oxygen atoms in total. The maximum atomic E-state index is 10.3. The zero-order valence-electron chi connectivity index (χ0n) is 10.3. The Morgan fingerprint density at radius 1 is 1.27 bits per heavy atom. The second-order valence-electron chi connectivity index (χ2n) is 3.62. The van der Waals surface area contributed by atoms with E-state index in [4.69, 9.17) is 0 Å². The number of carbonyl (C=O) groups excluding carboxylic acids is 1. The van der Waals surface area contributed by atoms with Crippen LogP contribution >= 0.6 is 0 Å². The van der Waals surface area contributed by atoms with Crippen LogP contribution in [0.4, 0.5) is 0 Å². The summed E-state index contributed by atoms with van der Waals surface area (Å²) in [5, 5.41) is 19.9. The van der Waals surface area contributed by atoms with Crippen molar-refractivity contribution in [3.05, 3.63) is 0 Å². The predicted molar refractivity (Wildman–Crippen MR) is 59.2 cm³/mol. The summed E-state index contributed by atoms with van der Waals surface area (Å²) in [6, 6.07) is 0. The summed E-state index contributed by atoms with van der Waals surface area (Å²) in [4.78, 5) is 10.3. The quantitative estimate of drug-likeness (QED) is 0.734. The number of hydrogen-bond donors (Lipinski definition) is 0. The predicted octanol–water partition coefficient (Wildman–Crippen LogP) is 0.327. The maximum Gasteiger partial charge on any atom is 2.00 e. The molecule has 87 valence electrons. The number of carboxylic acid groups (broad SMARTS) is 1. The second kappa shape index (κ2) is 14.3. The van der Waals surface area contributed by atoms with E-state index in [1.54, 1.807) is 13.8 Å². The van der Waals surface area contributed by atoms with Gasteiger partial charge in [-0.15, -0.1) is 6.10 Å². The van der Waals surface area contributed by atoms with Crippen LogP contribution in [0.1, 0.15) is 53.4 Å². The Hall–Kier alpha value is 0.300. The van der Waals surface area contributed by atoms with Crippen LogP contribution in [0.3, 0.4) is 0 Å². The number of carbonyl (C=O) groups is 1. The molecule has 1 unspecified atom stereocenters. The zero-order valence-corrected chi connectivity index (χ0v) is 13.6. The van der Waals surface area contributed by atoms with Crippen LogP contribution < -0.4 is 10.2 Å². The molecule has 1 atom stereocenters. The van der Waals surface area contributed by atoms with Gasteiger partial charge in [0.25, 0.3) is 0 Å². The van der Waals surface area contributed by atoms with Crippen LogP contribution in [0.15, 0.2) is 0 Å². The van der Waals surface area contributed by atoms with Crippen molar-refractivity contribution < 1.29 is 15.0 Å². The van der Waals surface area contributed by atoms with E-state index in [9.17, 15) is 15.0 Å². The number of carboxylic acids is 1. The molecule has 0 bridgehead atoms. The number of rotatable bonds is 5. The molecule has 0 aliphatic heterocycles. The molecule has 0 amide bonds. The van der Waals surface area contributed by atoms with Gasteiger partial charge in [-0.25, -0.2) is 0 Å². The van der Waals surface area contributed by atoms with Crippen molar-refractivity contribution in [2.24, 2.45) is 5.92 Å². The first-order valence-electron chi connectivity index (χ1n) is 5.32. The summed E-state index contributed by atoms with van der Waals surface area (Å²) in [5.74, 6) is -1.11. The number of unbranched alkanes of at least 4 members (excludes halogenated alkanes) is 1. The first-order valence-corrected chi connectivity index (χ1v) is 5.32. The molecule has 4 heteroatoms. The van der Waals surface area contributed by atoms with Crippen molar-refractivity contribution in [1.82, 2.24) is 0 Å². The first kappa shape index (κ1) is 20.7. The Balaban J connectivity index is -0.000000249. The van der Waals surface area contributed by atoms with Gasteiger partial charge in [0.15, 0.2) is 0 Å². The summed E-state index contributed by atoms with van der Waals surface area (Å²) in [5.41, 5.74) is 0. The van der Waals surface area contributed by atoms with Crippen LogP contribution in [0.25, 0.3) is 0 Å². The van der Waals surface area contributed by atoms with Gasteiger partial charge in [0.2, 0.25) is 0 Å². The fraction of sp³-hybridized carbons (Fsp3) is 0.909. The number of aliphatic carboxylic acids is 1. The van der Waals surface area contributed by atoms with Gasteiger partial charge < -0.3 is 15.0 Å². The first-order chi connectivity index (χ1) is 6.45. The van der Waals surface area contributed by atoms with Gasteiger partial charge >= 0.3 is 25.8 Å². The third kappa shape index (κ3) is 20.4. The molecule has 0 aromatic carbocycles. The van der Waals surface area contributed by atoms with Gasteiger partial charge in [-0.1, -0.05) is 40.5 Å². The molecule has 0 aliphatic carbocycles. The van der Waals surface area contributed by atoms with Crippen molar-refractivity contribution in [3.8, 4) is 0 Å². The monoisotopic (exact) mass is 317 g/mol. The van der Waals surface area contributed by atoms with Gasteiger partial charge in [-0.3, -0.25) is 0 Å². The largest absolute Gasteiger partial charge is 2.00 e. The molecule has 0 rings (SSSR count). The van der Waals surface area contributed by atoms with E-state index < -0.39 is 12.1 Å². The summed E-state index contributed by atoms with van der Waals surface area (Å²) in [7, 11) is 0. The number of hydrogen-bond acceptors (Lipinski definition) is 3. The molecule has 0 aromatic rings. The van der Waals surface area contributed by atoms with Gasteiger partial charge in [-0.2, -0.15) is 0 Å². The fourth-order valence-electron chi connectivity index (χ4n) is 0.939. The molecule has 0 aromatic heterocycles. The molecule has 0 N–H and O–H groups in total. The minimum Gasteiger partial charge on any atom is -0.852 e. The molecule has 15 heavy (non-hydrogen) atoms. The summed E-state index contributed by atoms with van der Waals surface area (Å²) < 4.78 is 0. The molecule has 0 heterocycles. The Morgan fingerprint density at radius 3 is 1.87 bits per heavy atom. The Labute approximate surface area is 112 Å². The topological polar surface area (TPSA) is 63.2 Å². The summed E-state index contributed by atoms with van der Waals surface area (Å²) in [6.45, 7) is 7.16. The van der Waals surface area contributed by atoms with Crippen molar-refractivity contribution in [1.29, 1.82) is 0 Å². The zero-order chi connectivity index (χ0) is 11.6. The molecule has 0 fully saturated rings. The normalized spacial score (nSPS) is 11.1. The third-order valence-corrected chi connectivity index (χ3v) is 1.73. The van der Waals surface area contributed by atoms with Crippen LogP contribution in [-0.2, 0) is 4.79 Å². The molecular formula is C11H22InO3. The van der Waals surface area contributed by atoms with Gasteiger partial charge in [0.1, 0.15) is 0 Å². The summed E-state index contributed by atoms with van der Waals surface area (Å²) >= 11 is 0. The van der Waals surface area contributed by atoms with Crippen LogP contribution in [-0.4, -0.2) is 37.9 Å². The minimum atomic E-state index is -0.893. The molecule has 1 radical (unpaired) electrons. The van der Waals surface area contributed by atoms with E-state index in [1.165, 1.54) is 0 Å². The standard InChI is InChI=1S/C8H16O2.C3H7O.In/c1-3-5-6-7(4-2)8(9)10;1-3(2)4;/h7H,3-6H2,1-2H3,(H,9,10);3H,1-2H3;/q;-1;+2/p-1. The molecular weight excluding hydrogens is 295 g/mol. The van der Waals surface area contributed by atoms with Crippen molar-refractivity contribution in [2.45, 2.75) is 59.5 Å². The summed E-state index contributed by atoms with van der Waals surface area (Å²) in [6.07, 6.45) is 3.11. The second-order valence-corrected chi connectivity index (χ2v) is 3.62. The van der Waals surface area contributed by atoms with E-state index in [0.717, 1.165) is 19.3 Å². The molecule has 0 saturated carbocycles. The van der Waals surface area contributed by atoms with Crippen LogP contribution in [0, 0.1) is 5.92 Å². The Morgan fingerprint density at radius 2 is 1.67 bits per heavy atom. The maximum absolute atomic E-state index is 10.3. The third-order valence-electron chi connectivity index (χ3n) is 1.73. The fourth-order valence-corrected chi connectivity index (χ4v) is 0.939. The Kier molecular flexibility index (Phi) is 19.7. The van der Waals surface area contributed by atoms with E-state index in [2.05, 4.69) is 6.92 Å². The van der Waals surface area contributed by atoms with Gasteiger partial charge in [-0.05, 0) is 18.8 Å².